The van der Waals surface area contributed by atoms with E-state index in [2.05, 4.69) is 19.9 Å². The molecule has 0 fully saturated rings. The van der Waals surface area contributed by atoms with Gasteiger partial charge in [-0.05, 0) is 6.07 Å². The van der Waals surface area contributed by atoms with Gasteiger partial charge < -0.3 is 14.6 Å². The lowest BCUT2D eigenvalue weighted by Crippen LogP contribution is -2.06. The zero-order valence-corrected chi connectivity index (χ0v) is 12.8. The van der Waals surface area contributed by atoms with Crippen molar-refractivity contribution in [2.75, 3.05) is 14.2 Å². The van der Waals surface area contributed by atoms with Gasteiger partial charge in [0.2, 0.25) is 0 Å². The van der Waals surface area contributed by atoms with Gasteiger partial charge in [-0.3, -0.25) is 0 Å². The fraction of sp³-hybridized carbons (Fsp3) is 0.133. The van der Waals surface area contributed by atoms with Crippen molar-refractivity contribution in [2.45, 2.75) is 0 Å². The van der Waals surface area contributed by atoms with Gasteiger partial charge in [0, 0.05) is 28.0 Å². The van der Waals surface area contributed by atoms with E-state index in [1.54, 1.807) is 5.38 Å². The maximum absolute atomic E-state index is 11.6. The number of hydrogen-bond donors (Lipinski definition) is 1. The van der Waals surface area contributed by atoms with Crippen LogP contribution in [0.15, 0.2) is 41.0 Å². The van der Waals surface area contributed by atoms with E-state index in [-0.39, 0.29) is 5.69 Å². The number of fused-ring (bicyclic) bond motifs is 1. The molecule has 0 bridgehead atoms. The van der Waals surface area contributed by atoms with E-state index in [1.165, 1.54) is 25.6 Å². The van der Waals surface area contributed by atoms with Crippen molar-refractivity contribution < 1.29 is 14.4 Å². The molecule has 0 amide bonds. The molecule has 112 valence electrons. The molecule has 3 aromatic rings. The highest BCUT2D eigenvalue weighted by atomic mass is 32.1. The molecule has 0 saturated carbocycles. The molecule has 1 N–H and O–H groups in total. The second-order valence-electron chi connectivity index (χ2n) is 4.40. The van der Waals surface area contributed by atoms with Crippen molar-refractivity contribution in [3.05, 3.63) is 52.1 Å². The first-order valence-electron chi connectivity index (χ1n) is 6.46. The third-order valence-corrected chi connectivity index (χ3v) is 3.98. The molecule has 0 saturated heterocycles. The first kappa shape index (κ1) is 14.3. The van der Waals surface area contributed by atoms with Crippen molar-refractivity contribution in [1.29, 1.82) is 0 Å². The minimum absolute atomic E-state index is 0.256. The number of nitrogens with zero attached hydrogens (tertiary/aromatic N) is 2. The maximum atomic E-state index is 11.6. The first-order chi connectivity index (χ1) is 10.7. The van der Waals surface area contributed by atoms with Gasteiger partial charge in [-0.1, -0.05) is 23.4 Å². The molecule has 0 spiro atoms. The Labute approximate surface area is 130 Å². The highest BCUT2D eigenvalue weighted by Crippen LogP contribution is 2.23. The zero-order chi connectivity index (χ0) is 15.5. The van der Waals surface area contributed by atoms with Crippen molar-refractivity contribution in [3.63, 3.8) is 0 Å². The summed E-state index contributed by atoms with van der Waals surface area (Å²) in [6, 6.07) is 7.87. The van der Waals surface area contributed by atoms with E-state index >= 15 is 0 Å². The molecular formula is C15H13N3O3S. The Morgan fingerprint density at radius 1 is 1.32 bits per heavy atom. The smallest absolute Gasteiger partial charge is 0.357 e. The molecule has 0 aliphatic rings. The van der Waals surface area contributed by atoms with E-state index in [1.807, 2.05) is 30.5 Å². The van der Waals surface area contributed by atoms with Crippen LogP contribution in [0, 0.1) is 0 Å². The number of benzene rings is 1. The van der Waals surface area contributed by atoms with Crippen LogP contribution in [0.5, 0.6) is 0 Å². The second kappa shape index (κ2) is 5.98. The third kappa shape index (κ3) is 2.46. The topological polar surface area (TPSA) is 76.6 Å². The Bertz CT molecular complexity index is 850. The quantitative estimate of drug-likeness (QED) is 0.456. The molecule has 1 aromatic carbocycles. The monoisotopic (exact) mass is 315 g/mol. The molecule has 3 rings (SSSR count). The SMILES string of the molecule is CO/N=C(\c1nc(C(=O)OC)cs1)c1c[nH]c2ccccc12. The number of H-pyrrole nitrogens is 1. The van der Waals surface area contributed by atoms with Gasteiger partial charge >= 0.3 is 5.97 Å². The summed E-state index contributed by atoms with van der Waals surface area (Å²) < 4.78 is 4.68. The number of ether oxygens (including phenoxy) is 1. The summed E-state index contributed by atoms with van der Waals surface area (Å²) in [5.74, 6) is -0.474. The molecule has 2 aromatic heterocycles. The summed E-state index contributed by atoms with van der Waals surface area (Å²) in [4.78, 5) is 24.0. The average Bonchev–Trinajstić information content (AvgIpc) is 3.19. The second-order valence-corrected chi connectivity index (χ2v) is 5.26. The van der Waals surface area contributed by atoms with Crippen LogP contribution in [-0.4, -0.2) is 35.9 Å². The number of oxime groups is 1. The number of hydrogen-bond acceptors (Lipinski definition) is 6. The van der Waals surface area contributed by atoms with Crippen LogP contribution in [0.2, 0.25) is 0 Å². The van der Waals surface area contributed by atoms with Gasteiger partial charge in [-0.2, -0.15) is 0 Å². The predicted octanol–water partition coefficient (Wildman–Crippen LogP) is 2.81. The van der Waals surface area contributed by atoms with Crippen molar-refractivity contribution in [2.24, 2.45) is 5.16 Å². The summed E-state index contributed by atoms with van der Waals surface area (Å²) in [5.41, 5.74) is 2.68. The summed E-state index contributed by atoms with van der Waals surface area (Å²) >= 11 is 1.31. The number of carbonyl (C=O) groups is 1. The van der Waals surface area contributed by atoms with Crippen LogP contribution in [0.4, 0.5) is 0 Å². The van der Waals surface area contributed by atoms with Gasteiger partial charge in [-0.15, -0.1) is 11.3 Å². The third-order valence-electron chi connectivity index (χ3n) is 3.13. The molecule has 0 aliphatic heterocycles. The number of aromatic amines is 1. The minimum atomic E-state index is -0.474. The normalized spacial score (nSPS) is 11.6. The van der Waals surface area contributed by atoms with Crippen LogP contribution in [-0.2, 0) is 9.57 Å². The largest absolute Gasteiger partial charge is 0.464 e. The van der Waals surface area contributed by atoms with Crippen molar-refractivity contribution >= 4 is 33.9 Å². The molecule has 0 atom stereocenters. The summed E-state index contributed by atoms with van der Waals surface area (Å²) in [7, 11) is 2.80. The molecule has 0 unspecified atom stereocenters. The lowest BCUT2D eigenvalue weighted by atomic mass is 10.1. The Balaban J connectivity index is 2.09. The Hall–Kier alpha value is -2.67. The van der Waals surface area contributed by atoms with Gasteiger partial charge in [0.05, 0.1) is 7.11 Å². The van der Waals surface area contributed by atoms with Gasteiger partial charge in [-0.25, -0.2) is 9.78 Å². The molecular weight excluding hydrogens is 302 g/mol. The zero-order valence-electron chi connectivity index (χ0n) is 12.0. The number of methoxy groups -OCH3 is 1. The van der Waals surface area contributed by atoms with Crippen LogP contribution in [0.25, 0.3) is 10.9 Å². The number of rotatable bonds is 4. The summed E-state index contributed by atoms with van der Waals surface area (Å²) in [5, 5.41) is 7.32. The summed E-state index contributed by atoms with van der Waals surface area (Å²) in [6.07, 6.45) is 1.85. The van der Waals surface area contributed by atoms with Crippen molar-refractivity contribution in [3.8, 4) is 0 Å². The lowest BCUT2D eigenvalue weighted by molar-refractivity contribution is 0.0595. The Kier molecular flexibility index (Phi) is 3.88. The highest BCUT2D eigenvalue weighted by Gasteiger charge is 2.19. The maximum Gasteiger partial charge on any atom is 0.357 e. The van der Waals surface area contributed by atoms with Crippen LogP contribution in [0.3, 0.4) is 0 Å². The van der Waals surface area contributed by atoms with Crippen LogP contribution >= 0.6 is 11.3 Å². The molecule has 0 aliphatic carbocycles. The van der Waals surface area contributed by atoms with Crippen LogP contribution in [0.1, 0.15) is 21.1 Å². The van der Waals surface area contributed by atoms with E-state index in [0.717, 1.165) is 16.5 Å². The van der Waals surface area contributed by atoms with E-state index in [4.69, 9.17) is 4.84 Å². The summed E-state index contributed by atoms with van der Waals surface area (Å²) in [6.45, 7) is 0. The Morgan fingerprint density at radius 3 is 2.91 bits per heavy atom. The van der Waals surface area contributed by atoms with E-state index in [0.29, 0.717) is 10.7 Å². The number of aromatic nitrogens is 2. The minimum Gasteiger partial charge on any atom is -0.464 e. The number of nitrogens with one attached hydrogen (secondary N) is 1. The average molecular weight is 315 g/mol. The molecule has 0 radical (unpaired) electrons. The number of carbonyl (C=O) groups excluding carboxylic acids is 1. The highest BCUT2D eigenvalue weighted by molar-refractivity contribution is 7.12. The molecule has 2 heterocycles. The molecule has 7 heteroatoms. The van der Waals surface area contributed by atoms with Gasteiger partial charge in [0.25, 0.3) is 0 Å². The fourth-order valence-corrected chi connectivity index (χ4v) is 2.93. The predicted molar refractivity (Wildman–Crippen MR) is 84.4 cm³/mol. The first-order valence-corrected chi connectivity index (χ1v) is 7.34. The number of esters is 1. The van der Waals surface area contributed by atoms with Gasteiger partial charge in [0.1, 0.15) is 17.8 Å². The number of para-hydroxylation sites is 1. The van der Waals surface area contributed by atoms with E-state index < -0.39 is 5.97 Å². The van der Waals surface area contributed by atoms with Crippen molar-refractivity contribution in [1.82, 2.24) is 9.97 Å². The van der Waals surface area contributed by atoms with Crippen LogP contribution < -0.4 is 0 Å². The standard InChI is InChI=1S/C15H13N3O3S/c1-20-15(19)12-8-22-14(17-12)13(18-21-2)10-7-16-11-6-4-3-5-9(10)11/h3-8,16H,1-2H3/b18-13-. The van der Waals surface area contributed by atoms with Gasteiger partial charge in [0.15, 0.2) is 5.69 Å². The van der Waals surface area contributed by atoms with E-state index in [9.17, 15) is 4.79 Å². The fourth-order valence-electron chi connectivity index (χ4n) is 2.14. The number of thiazole rings is 1. The molecule has 22 heavy (non-hydrogen) atoms. The lowest BCUT2D eigenvalue weighted by Gasteiger charge is -2.01. The Morgan fingerprint density at radius 2 is 2.14 bits per heavy atom. The molecule has 6 nitrogen and oxygen atoms in total.